The first-order valence-electron chi connectivity index (χ1n) is 6.80. The van der Waals surface area contributed by atoms with Gasteiger partial charge in [-0.15, -0.1) is 21.8 Å². The highest BCUT2D eigenvalue weighted by molar-refractivity contribution is 6.17. The lowest BCUT2D eigenvalue weighted by atomic mass is 9.91. The standard InChI is InChI=1S/C14H17ClN4/c15-9-4-10-19(11-5-3-6-11)14-16-12-7-1-2-8-13(12)17-18-14/h1-2,7-8,11H,3-6,9-10H2. The maximum absolute atomic E-state index is 5.81. The first-order valence-corrected chi connectivity index (χ1v) is 7.34. The Bertz CT molecular complexity index is 556. The molecule has 0 spiro atoms. The second-order valence-corrected chi connectivity index (χ2v) is 5.30. The number of fused-ring (bicyclic) bond motifs is 1. The predicted octanol–water partition coefficient (Wildman–Crippen LogP) is 3.01. The number of rotatable bonds is 5. The lowest BCUT2D eigenvalue weighted by Gasteiger charge is -2.37. The van der Waals surface area contributed by atoms with Crippen molar-refractivity contribution in [1.29, 1.82) is 0 Å². The Kier molecular flexibility index (Phi) is 3.78. The molecule has 1 heterocycles. The fourth-order valence-corrected chi connectivity index (χ4v) is 2.49. The molecule has 1 aromatic heterocycles. The molecule has 1 aromatic carbocycles. The maximum atomic E-state index is 5.81. The number of anilines is 1. The van der Waals surface area contributed by atoms with E-state index in [9.17, 15) is 0 Å². The molecule has 19 heavy (non-hydrogen) atoms. The summed E-state index contributed by atoms with van der Waals surface area (Å²) in [6, 6.07) is 8.41. The van der Waals surface area contributed by atoms with Crippen LogP contribution < -0.4 is 4.90 Å². The lowest BCUT2D eigenvalue weighted by Crippen LogP contribution is -2.42. The van der Waals surface area contributed by atoms with E-state index in [0.717, 1.165) is 29.9 Å². The maximum Gasteiger partial charge on any atom is 0.246 e. The molecular weight excluding hydrogens is 260 g/mol. The highest BCUT2D eigenvalue weighted by Gasteiger charge is 2.26. The topological polar surface area (TPSA) is 41.9 Å². The Morgan fingerprint density at radius 1 is 1.16 bits per heavy atom. The van der Waals surface area contributed by atoms with Crippen LogP contribution >= 0.6 is 11.6 Å². The number of benzene rings is 1. The highest BCUT2D eigenvalue weighted by Crippen LogP contribution is 2.28. The summed E-state index contributed by atoms with van der Waals surface area (Å²) in [5.41, 5.74) is 1.75. The Labute approximate surface area is 117 Å². The van der Waals surface area contributed by atoms with Crippen LogP contribution in [0.3, 0.4) is 0 Å². The molecule has 0 amide bonds. The summed E-state index contributed by atoms with van der Waals surface area (Å²) < 4.78 is 0. The van der Waals surface area contributed by atoms with Crippen LogP contribution in [0.15, 0.2) is 24.3 Å². The fraction of sp³-hybridized carbons (Fsp3) is 0.500. The predicted molar refractivity (Wildman–Crippen MR) is 77.7 cm³/mol. The van der Waals surface area contributed by atoms with Gasteiger partial charge in [0, 0.05) is 18.5 Å². The second-order valence-electron chi connectivity index (χ2n) is 4.92. The molecule has 3 rings (SSSR count). The van der Waals surface area contributed by atoms with E-state index < -0.39 is 0 Å². The average molecular weight is 277 g/mol. The summed E-state index contributed by atoms with van der Waals surface area (Å²) in [5, 5.41) is 8.55. The minimum atomic E-state index is 0.561. The molecule has 1 aliphatic rings. The molecule has 0 radical (unpaired) electrons. The van der Waals surface area contributed by atoms with Crippen molar-refractivity contribution in [2.45, 2.75) is 31.7 Å². The van der Waals surface area contributed by atoms with Gasteiger partial charge in [-0.25, -0.2) is 4.98 Å². The van der Waals surface area contributed by atoms with Crippen LogP contribution in [0, 0.1) is 0 Å². The quantitative estimate of drug-likeness (QED) is 0.787. The lowest BCUT2D eigenvalue weighted by molar-refractivity contribution is 0.381. The van der Waals surface area contributed by atoms with Crippen LogP contribution in [0.25, 0.3) is 11.0 Å². The van der Waals surface area contributed by atoms with Crippen LogP contribution in [-0.4, -0.2) is 33.6 Å². The van der Waals surface area contributed by atoms with Crippen molar-refractivity contribution in [2.75, 3.05) is 17.3 Å². The number of halogens is 1. The van der Waals surface area contributed by atoms with Crippen molar-refractivity contribution in [1.82, 2.24) is 15.2 Å². The molecule has 0 saturated heterocycles. The van der Waals surface area contributed by atoms with Gasteiger partial charge in [-0.2, -0.15) is 0 Å². The monoisotopic (exact) mass is 276 g/mol. The van der Waals surface area contributed by atoms with Crippen LogP contribution in [0.2, 0.25) is 0 Å². The first-order chi connectivity index (χ1) is 9.38. The first kappa shape index (κ1) is 12.6. The van der Waals surface area contributed by atoms with Crippen molar-refractivity contribution in [3.8, 4) is 0 Å². The van der Waals surface area contributed by atoms with Gasteiger partial charge in [-0.1, -0.05) is 12.1 Å². The third-order valence-corrected chi connectivity index (χ3v) is 3.92. The molecule has 5 heteroatoms. The van der Waals surface area contributed by atoms with Gasteiger partial charge < -0.3 is 4.90 Å². The molecule has 4 nitrogen and oxygen atoms in total. The average Bonchev–Trinajstić information content (AvgIpc) is 2.40. The zero-order valence-electron chi connectivity index (χ0n) is 10.8. The van der Waals surface area contributed by atoms with Gasteiger partial charge in [0.2, 0.25) is 5.95 Å². The van der Waals surface area contributed by atoms with Gasteiger partial charge >= 0.3 is 0 Å². The zero-order chi connectivity index (χ0) is 13.1. The third-order valence-electron chi connectivity index (χ3n) is 3.65. The van der Waals surface area contributed by atoms with Crippen molar-refractivity contribution >= 4 is 28.6 Å². The number of aromatic nitrogens is 3. The normalized spacial score (nSPS) is 15.4. The van der Waals surface area contributed by atoms with Gasteiger partial charge in [0.25, 0.3) is 0 Å². The summed E-state index contributed by atoms with van der Waals surface area (Å²) >= 11 is 5.81. The van der Waals surface area contributed by atoms with Crippen LogP contribution in [0.4, 0.5) is 5.95 Å². The van der Waals surface area contributed by atoms with Crippen molar-refractivity contribution in [3.63, 3.8) is 0 Å². The molecule has 1 aliphatic carbocycles. The minimum Gasteiger partial charge on any atom is -0.336 e. The second kappa shape index (κ2) is 5.70. The molecule has 2 aromatic rings. The van der Waals surface area contributed by atoms with E-state index in [1.54, 1.807) is 0 Å². The largest absolute Gasteiger partial charge is 0.336 e. The van der Waals surface area contributed by atoms with Crippen molar-refractivity contribution in [2.24, 2.45) is 0 Å². The van der Waals surface area contributed by atoms with Crippen LogP contribution in [0.1, 0.15) is 25.7 Å². The zero-order valence-corrected chi connectivity index (χ0v) is 11.6. The molecule has 1 fully saturated rings. The van der Waals surface area contributed by atoms with E-state index in [-0.39, 0.29) is 0 Å². The third kappa shape index (κ3) is 2.63. The smallest absolute Gasteiger partial charge is 0.246 e. The van der Waals surface area contributed by atoms with Gasteiger partial charge in [0.05, 0.1) is 5.52 Å². The van der Waals surface area contributed by atoms with E-state index in [2.05, 4.69) is 20.1 Å². The van der Waals surface area contributed by atoms with Crippen molar-refractivity contribution < 1.29 is 0 Å². The van der Waals surface area contributed by atoms with Gasteiger partial charge in [-0.3, -0.25) is 0 Å². The molecule has 100 valence electrons. The molecule has 0 N–H and O–H groups in total. The number of para-hydroxylation sites is 1. The van der Waals surface area contributed by atoms with Crippen LogP contribution in [0.5, 0.6) is 0 Å². The Hall–Kier alpha value is -1.42. The molecule has 1 saturated carbocycles. The molecular formula is C14H17ClN4. The minimum absolute atomic E-state index is 0.561. The van der Waals surface area contributed by atoms with E-state index in [0.29, 0.717) is 11.9 Å². The summed E-state index contributed by atoms with van der Waals surface area (Å²) in [4.78, 5) is 6.91. The van der Waals surface area contributed by atoms with Gasteiger partial charge in [0.1, 0.15) is 5.52 Å². The summed E-state index contributed by atoms with van der Waals surface area (Å²) in [6.07, 6.45) is 4.69. The van der Waals surface area contributed by atoms with E-state index >= 15 is 0 Å². The fourth-order valence-electron chi connectivity index (χ4n) is 2.37. The summed E-state index contributed by atoms with van der Waals surface area (Å²) in [5.74, 6) is 1.41. The number of hydrogen-bond donors (Lipinski definition) is 0. The van der Waals surface area contributed by atoms with Gasteiger partial charge in [-0.05, 0) is 37.8 Å². The Morgan fingerprint density at radius 3 is 2.63 bits per heavy atom. The summed E-state index contributed by atoms with van der Waals surface area (Å²) in [7, 11) is 0. The van der Waals surface area contributed by atoms with Crippen molar-refractivity contribution in [3.05, 3.63) is 24.3 Å². The molecule has 0 aliphatic heterocycles. The van der Waals surface area contributed by atoms with E-state index in [4.69, 9.17) is 11.6 Å². The molecule has 0 bridgehead atoms. The van der Waals surface area contributed by atoms with Gasteiger partial charge in [0.15, 0.2) is 0 Å². The number of nitrogens with zero attached hydrogens (tertiary/aromatic N) is 4. The molecule has 0 atom stereocenters. The SMILES string of the molecule is ClCCCN(c1nnc2ccccc2n1)C1CCC1. The van der Waals surface area contributed by atoms with E-state index in [1.807, 2.05) is 24.3 Å². The highest BCUT2D eigenvalue weighted by atomic mass is 35.5. The number of hydrogen-bond acceptors (Lipinski definition) is 4. The Balaban J connectivity index is 1.89. The Morgan fingerprint density at radius 2 is 1.95 bits per heavy atom. The van der Waals surface area contributed by atoms with E-state index in [1.165, 1.54) is 19.3 Å². The van der Waals surface area contributed by atoms with Crippen LogP contribution in [-0.2, 0) is 0 Å². The summed E-state index contributed by atoms with van der Waals surface area (Å²) in [6.45, 7) is 0.911. The number of alkyl halides is 1. The molecule has 0 unspecified atom stereocenters.